The quantitative estimate of drug-likeness (QED) is 0.490. The zero-order valence-corrected chi connectivity index (χ0v) is 13.8. The lowest BCUT2D eigenvalue weighted by molar-refractivity contribution is 0.474. The van der Waals surface area contributed by atoms with Gasteiger partial charge in [0.15, 0.2) is 5.58 Å². The summed E-state index contributed by atoms with van der Waals surface area (Å²) >= 11 is 5.94. The van der Waals surface area contributed by atoms with E-state index in [1.807, 2.05) is 48.5 Å². The number of hydrogen-bond donors (Lipinski definition) is 1. The molecule has 3 aromatic carbocycles. The maximum Gasteiger partial charge on any atom is 0.227 e. The molecule has 0 aliphatic carbocycles. The number of hydrogen-bond acceptors (Lipinski definition) is 4. The smallest absolute Gasteiger partial charge is 0.227 e. The minimum Gasteiger partial charge on any atom is -0.507 e. The minimum atomic E-state index is 0.125. The topological polar surface area (TPSA) is 58.6 Å². The fourth-order valence-corrected chi connectivity index (χ4v) is 2.65. The number of benzene rings is 3. The Morgan fingerprint density at radius 2 is 1.84 bits per heavy atom. The molecule has 25 heavy (non-hydrogen) atoms. The number of aromatic nitrogens is 1. The lowest BCUT2D eigenvalue weighted by Crippen LogP contribution is -1.82. The Kier molecular flexibility index (Phi) is 3.96. The standard InChI is InChI=1S/C20H13ClN2O2/c21-15-6-9-18(24)14(10-15)12-22-16-7-8-17-19(11-16)25-20(23-17)13-4-2-1-3-5-13/h1-12,24H. The van der Waals surface area contributed by atoms with E-state index in [9.17, 15) is 5.11 Å². The van der Waals surface area contributed by atoms with E-state index in [4.69, 9.17) is 16.0 Å². The first kappa shape index (κ1) is 15.4. The molecule has 0 amide bonds. The second kappa shape index (κ2) is 6.42. The van der Waals surface area contributed by atoms with Gasteiger partial charge in [-0.15, -0.1) is 0 Å². The normalized spacial score (nSPS) is 11.4. The molecule has 4 aromatic rings. The fourth-order valence-electron chi connectivity index (χ4n) is 2.47. The second-order valence-electron chi connectivity index (χ2n) is 5.50. The van der Waals surface area contributed by atoms with E-state index in [2.05, 4.69) is 9.98 Å². The molecule has 1 aromatic heterocycles. The van der Waals surface area contributed by atoms with Crippen LogP contribution in [0, 0.1) is 0 Å². The van der Waals surface area contributed by atoms with Crippen LogP contribution in [0.3, 0.4) is 0 Å². The zero-order valence-electron chi connectivity index (χ0n) is 13.1. The second-order valence-corrected chi connectivity index (χ2v) is 5.93. The van der Waals surface area contributed by atoms with Crippen molar-refractivity contribution in [2.45, 2.75) is 0 Å². The number of aromatic hydroxyl groups is 1. The monoisotopic (exact) mass is 348 g/mol. The predicted molar refractivity (Wildman–Crippen MR) is 99.8 cm³/mol. The Balaban J connectivity index is 1.67. The van der Waals surface area contributed by atoms with Crippen molar-refractivity contribution in [2.24, 2.45) is 4.99 Å². The third-order valence-electron chi connectivity index (χ3n) is 3.74. The van der Waals surface area contributed by atoms with Gasteiger partial charge in [-0.2, -0.15) is 0 Å². The Morgan fingerprint density at radius 1 is 1.00 bits per heavy atom. The van der Waals surface area contributed by atoms with Crippen molar-refractivity contribution in [3.05, 3.63) is 77.3 Å². The van der Waals surface area contributed by atoms with Gasteiger partial charge >= 0.3 is 0 Å². The molecule has 4 rings (SSSR count). The van der Waals surface area contributed by atoms with Crippen molar-refractivity contribution < 1.29 is 9.52 Å². The summed E-state index contributed by atoms with van der Waals surface area (Å²) in [4.78, 5) is 8.87. The Labute approximate surface area is 149 Å². The highest BCUT2D eigenvalue weighted by Crippen LogP contribution is 2.27. The largest absolute Gasteiger partial charge is 0.507 e. The first-order valence-corrected chi connectivity index (χ1v) is 8.05. The number of oxazole rings is 1. The number of fused-ring (bicyclic) bond motifs is 1. The van der Waals surface area contributed by atoms with Crippen LogP contribution in [-0.2, 0) is 0 Å². The highest BCUT2D eigenvalue weighted by atomic mass is 35.5. The van der Waals surface area contributed by atoms with Crippen molar-refractivity contribution in [1.82, 2.24) is 4.98 Å². The highest BCUT2D eigenvalue weighted by molar-refractivity contribution is 6.30. The van der Waals surface area contributed by atoms with E-state index in [-0.39, 0.29) is 5.75 Å². The van der Waals surface area contributed by atoms with Gasteiger partial charge in [0.2, 0.25) is 5.89 Å². The molecule has 0 spiro atoms. The molecule has 0 aliphatic heterocycles. The zero-order chi connectivity index (χ0) is 17.2. The Bertz CT molecular complexity index is 1070. The van der Waals surface area contributed by atoms with Crippen molar-refractivity contribution in [3.63, 3.8) is 0 Å². The number of phenolic OH excluding ortho intramolecular Hbond substituents is 1. The first-order valence-electron chi connectivity index (χ1n) is 7.68. The van der Waals surface area contributed by atoms with Crippen molar-refractivity contribution in [3.8, 4) is 17.2 Å². The van der Waals surface area contributed by atoms with Gasteiger partial charge in [0.1, 0.15) is 11.3 Å². The lowest BCUT2D eigenvalue weighted by Gasteiger charge is -1.99. The van der Waals surface area contributed by atoms with E-state index in [1.165, 1.54) is 6.07 Å². The Morgan fingerprint density at radius 3 is 2.68 bits per heavy atom. The van der Waals surface area contributed by atoms with Crippen LogP contribution in [0.1, 0.15) is 5.56 Å². The number of aliphatic imine (C=N–C) groups is 1. The molecule has 0 atom stereocenters. The molecule has 0 radical (unpaired) electrons. The highest BCUT2D eigenvalue weighted by Gasteiger charge is 2.08. The maximum atomic E-state index is 9.84. The van der Waals surface area contributed by atoms with Gasteiger partial charge in [-0.25, -0.2) is 4.98 Å². The van der Waals surface area contributed by atoms with Crippen LogP contribution >= 0.6 is 11.6 Å². The number of phenols is 1. The molecule has 0 saturated heterocycles. The third-order valence-corrected chi connectivity index (χ3v) is 3.97. The summed E-state index contributed by atoms with van der Waals surface area (Å²) in [5.41, 5.74) is 3.60. The SMILES string of the molecule is Oc1ccc(Cl)cc1C=Nc1ccc2nc(-c3ccccc3)oc2c1. The molecular formula is C20H13ClN2O2. The van der Waals surface area contributed by atoms with Gasteiger partial charge in [-0.3, -0.25) is 4.99 Å². The molecular weight excluding hydrogens is 336 g/mol. The van der Waals surface area contributed by atoms with Gasteiger partial charge in [0.05, 0.1) is 5.69 Å². The molecule has 4 nitrogen and oxygen atoms in total. The third kappa shape index (κ3) is 3.25. The van der Waals surface area contributed by atoms with Crippen molar-refractivity contribution in [2.75, 3.05) is 0 Å². The molecule has 0 bridgehead atoms. The molecule has 1 N–H and O–H groups in total. The van der Waals surface area contributed by atoms with Crippen LogP contribution in [0.15, 0.2) is 76.1 Å². The molecule has 1 heterocycles. The van der Waals surface area contributed by atoms with Gasteiger partial charge in [0.25, 0.3) is 0 Å². The number of rotatable bonds is 3. The van der Waals surface area contributed by atoms with Crippen LogP contribution in [0.5, 0.6) is 5.75 Å². The van der Waals surface area contributed by atoms with Crippen LogP contribution in [0.4, 0.5) is 5.69 Å². The molecule has 0 aliphatic rings. The van der Waals surface area contributed by atoms with E-state index < -0.39 is 0 Å². The number of halogens is 1. The lowest BCUT2D eigenvalue weighted by atomic mass is 10.2. The van der Waals surface area contributed by atoms with Gasteiger partial charge in [0, 0.05) is 28.4 Å². The van der Waals surface area contributed by atoms with E-state index in [0.29, 0.717) is 27.7 Å². The fraction of sp³-hybridized carbons (Fsp3) is 0. The maximum absolute atomic E-state index is 9.84. The van der Waals surface area contributed by atoms with Gasteiger partial charge in [-0.1, -0.05) is 29.8 Å². The molecule has 0 unspecified atom stereocenters. The van der Waals surface area contributed by atoms with Crippen LogP contribution in [-0.4, -0.2) is 16.3 Å². The summed E-state index contributed by atoms with van der Waals surface area (Å²) in [6, 6.07) is 20.1. The first-order chi connectivity index (χ1) is 12.2. The van der Waals surface area contributed by atoms with Gasteiger partial charge in [-0.05, 0) is 42.5 Å². The van der Waals surface area contributed by atoms with Crippen LogP contribution in [0.2, 0.25) is 5.02 Å². The summed E-state index contributed by atoms with van der Waals surface area (Å²) in [6.07, 6.45) is 1.57. The summed E-state index contributed by atoms with van der Waals surface area (Å²) in [5.74, 6) is 0.699. The summed E-state index contributed by atoms with van der Waals surface area (Å²) < 4.78 is 5.83. The van der Waals surface area contributed by atoms with E-state index >= 15 is 0 Å². The van der Waals surface area contributed by atoms with E-state index in [1.54, 1.807) is 18.3 Å². The summed E-state index contributed by atoms with van der Waals surface area (Å²) in [5, 5.41) is 10.4. The predicted octanol–water partition coefficient (Wildman–Crippen LogP) is 5.60. The molecule has 122 valence electrons. The average molecular weight is 349 g/mol. The van der Waals surface area contributed by atoms with E-state index in [0.717, 1.165) is 11.1 Å². The number of nitrogens with zero attached hydrogens (tertiary/aromatic N) is 2. The summed E-state index contributed by atoms with van der Waals surface area (Å²) in [7, 11) is 0. The average Bonchev–Trinajstić information content (AvgIpc) is 3.06. The molecule has 5 heteroatoms. The molecule has 0 fully saturated rings. The van der Waals surface area contributed by atoms with Crippen LogP contribution in [0.25, 0.3) is 22.6 Å². The van der Waals surface area contributed by atoms with Gasteiger partial charge < -0.3 is 9.52 Å². The molecule has 0 saturated carbocycles. The van der Waals surface area contributed by atoms with Crippen molar-refractivity contribution in [1.29, 1.82) is 0 Å². The Hall–Kier alpha value is -3.11. The van der Waals surface area contributed by atoms with Crippen LogP contribution < -0.4 is 0 Å². The minimum absolute atomic E-state index is 0.125. The van der Waals surface area contributed by atoms with Crippen molar-refractivity contribution >= 4 is 34.6 Å². The summed E-state index contributed by atoms with van der Waals surface area (Å²) in [6.45, 7) is 0.